The molecule has 1 atom stereocenters. The lowest BCUT2D eigenvalue weighted by Crippen LogP contribution is -2.46. The number of hydrogen-bond donors (Lipinski definition) is 3. The monoisotopic (exact) mass is 319 g/mol. The predicted octanol–water partition coefficient (Wildman–Crippen LogP) is 1.49. The number of H-pyrrole nitrogens is 1. The van der Waals surface area contributed by atoms with Crippen LogP contribution in [-0.2, 0) is 15.8 Å². The normalized spacial score (nSPS) is 12.9. The molecule has 0 bridgehead atoms. The summed E-state index contributed by atoms with van der Waals surface area (Å²) in [5.41, 5.74) is -2.49. The summed E-state index contributed by atoms with van der Waals surface area (Å²) in [6.45, 7) is 4.51. The first-order valence-electron chi connectivity index (χ1n) is 6.40. The third kappa shape index (κ3) is 4.61. The maximum Gasteiger partial charge on any atom is 0.417 e. The summed E-state index contributed by atoms with van der Waals surface area (Å²) in [6, 6.07) is -0.423. The SMILES string of the molecule is CC(=O)N[C@H](C(=O)Nc1cc(C(F)(F)F)c[nH]c1=O)C(C)C. The van der Waals surface area contributed by atoms with Gasteiger partial charge in [0.25, 0.3) is 5.56 Å². The lowest BCUT2D eigenvalue weighted by molar-refractivity contribution is -0.137. The molecular formula is C13H16F3N3O3. The minimum atomic E-state index is -4.65. The Labute approximate surface area is 124 Å². The molecule has 0 aliphatic rings. The van der Waals surface area contributed by atoms with Gasteiger partial charge in [0, 0.05) is 13.1 Å². The van der Waals surface area contributed by atoms with Gasteiger partial charge in [0.15, 0.2) is 0 Å². The molecule has 6 nitrogen and oxygen atoms in total. The number of hydrogen-bond acceptors (Lipinski definition) is 3. The number of nitrogens with one attached hydrogen (secondary N) is 3. The topological polar surface area (TPSA) is 91.1 Å². The van der Waals surface area contributed by atoms with Crippen molar-refractivity contribution >= 4 is 17.5 Å². The second-order valence-electron chi connectivity index (χ2n) is 5.04. The number of alkyl halides is 3. The number of halogens is 3. The molecule has 1 aromatic rings. The molecule has 3 N–H and O–H groups in total. The summed E-state index contributed by atoms with van der Waals surface area (Å²) in [5, 5.41) is 4.49. The van der Waals surface area contributed by atoms with Gasteiger partial charge in [0.2, 0.25) is 11.8 Å². The second kappa shape index (κ2) is 6.63. The minimum absolute atomic E-state index is 0.311. The molecule has 0 fully saturated rings. The third-order valence-electron chi connectivity index (χ3n) is 2.80. The van der Waals surface area contributed by atoms with Crippen molar-refractivity contribution in [2.75, 3.05) is 5.32 Å². The average Bonchev–Trinajstić information content (AvgIpc) is 2.36. The Kier molecular flexibility index (Phi) is 5.34. The maximum absolute atomic E-state index is 12.6. The van der Waals surface area contributed by atoms with Gasteiger partial charge < -0.3 is 15.6 Å². The summed E-state index contributed by atoms with van der Waals surface area (Å²) in [5.74, 6) is -1.55. The van der Waals surface area contributed by atoms with Crippen molar-refractivity contribution in [2.24, 2.45) is 5.92 Å². The van der Waals surface area contributed by atoms with E-state index in [1.165, 1.54) is 6.92 Å². The molecule has 0 spiro atoms. The Morgan fingerprint density at radius 3 is 2.32 bits per heavy atom. The zero-order valence-corrected chi connectivity index (χ0v) is 12.2. The van der Waals surface area contributed by atoms with E-state index in [-0.39, 0.29) is 5.92 Å². The lowest BCUT2D eigenvalue weighted by atomic mass is 10.0. The van der Waals surface area contributed by atoms with E-state index < -0.39 is 40.8 Å². The van der Waals surface area contributed by atoms with Crippen LogP contribution in [0.15, 0.2) is 17.1 Å². The van der Waals surface area contributed by atoms with E-state index in [2.05, 4.69) is 10.6 Å². The zero-order chi connectivity index (χ0) is 17.1. The van der Waals surface area contributed by atoms with Crippen LogP contribution in [0.5, 0.6) is 0 Å². The van der Waals surface area contributed by atoms with Gasteiger partial charge >= 0.3 is 6.18 Å². The van der Waals surface area contributed by atoms with Crippen molar-refractivity contribution in [1.82, 2.24) is 10.3 Å². The van der Waals surface area contributed by atoms with Crippen LogP contribution in [0.4, 0.5) is 18.9 Å². The van der Waals surface area contributed by atoms with E-state index >= 15 is 0 Å². The lowest BCUT2D eigenvalue weighted by Gasteiger charge is -2.20. The highest BCUT2D eigenvalue weighted by molar-refractivity contribution is 5.97. The van der Waals surface area contributed by atoms with Gasteiger partial charge in [-0.2, -0.15) is 13.2 Å². The number of rotatable bonds is 4. The fourth-order valence-electron chi connectivity index (χ4n) is 1.70. The average molecular weight is 319 g/mol. The van der Waals surface area contributed by atoms with E-state index in [0.29, 0.717) is 12.3 Å². The Morgan fingerprint density at radius 2 is 1.86 bits per heavy atom. The van der Waals surface area contributed by atoms with Crippen LogP contribution in [0.2, 0.25) is 0 Å². The first kappa shape index (κ1) is 17.7. The quantitative estimate of drug-likeness (QED) is 0.785. The predicted molar refractivity (Wildman–Crippen MR) is 73.1 cm³/mol. The van der Waals surface area contributed by atoms with Crippen molar-refractivity contribution in [1.29, 1.82) is 0 Å². The second-order valence-corrected chi connectivity index (χ2v) is 5.04. The number of anilines is 1. The standard InChI is InChI=1S/C13H16F3N3O3/c1-6(2)10(18-7(3)20)12(22)19-9-4-8(13(14,15)16)5-17-11(9)21/h4-6,10H,1-3H3,(H,17,21)(H,18,20)(H,19,22)/t10-/m0/s1. The summed E-state index contributed by atoms with van der Waals surface area (Å²) in [6.07, 6.45) is -4.13. The fourth-order valence-corrected chi connectivity index (χ4v) is 1.70. The first-order valence-corrected chi connectivity index (χ1v) is 6.40. The highest BCUT2D eigenvalue weighted by Gasteiger charge is 2.32. The van der Waals surface area contributed by atoms with Crippen molar-refractivity contribution < 1.29 is 22.8 Å². The Bertz CT molecular complexity index is 623. The molecule has 122 valence electrons. The molecular weight excluding hydrogens is 303 g/mol. The molecule has 0 aliphatic heterocycles. The molecule has 0 saturated heterocycles. The van der Waals surface area contributed by atoms with Gasteiger partial charge in [-0.15, -0.1) is 0 Å². The number of carbonyl (C=O) groups excluding carboxylic acids is 2. The van der Waals surface area contributed by atoms with Crippen LogP contribution < -0.4 is 16.2 Å². The van der Waals surface area contributed by atoms with E-state index in [1.54, 1.807) is 13.8 Å². The van der Waals surface area contributed by atoms with Crippen LogP contribution in [0.25, 0.3) is 0 Å². The van der Waals surface area contributed by atoms with Gasteiger partial charge in [-0.25, -0.2) is 0 Å². The molecule has 0 radical (unpaired) electrons. The van der Waals surface area contributed by atoms with Crippen molar-refractivity contribution in [3.63, 3.8) is 0 Å². The summed E-state index contributed by atoms with van der Waals surface area (Å²) >= 11 is 0. The van der Waals surface area contributed by atoms with Crippen molar-refractivity contribution in [3.8, 4) is 0 Å². The smallest absolute Gasteiger partial charge is 0.344 e. The van der Waals surface area contributed by atoms with Gasteiger partial charge in [-0.3, -0.25) is 14.4 Å². The first-order chi connectivity index (χ1) is 10.0. The van der Waals surface area contributed by atoms with Gasteiger partial charge in [-0.1, -0.05) is 13.8 Å². The molecule has 9 heteroatoms. The van der Waals surface area contributed by atoms with E-state index in [9.17, 15) is 27.6 Å². The van der Waals surface area contributed by atoms with Crippen LogP contribution in [-0.4, -0.2) is 22.8 Å². The molecule has 0 aromatic carbocycles. The highest BCUT2D eigenvalue weighted by Crippen LogP contribution is 2.29. The largest absolute Gasteiger partial charge is 0.417 e. The van der Waals surface area contributed by atoms with Gasteiger partial charge in [0.05, 0.1) is 5.56 Å². The molecule has 0 unspecified atom stereocenters. The Balaban J connectivity index is 3.05. The van der Waals surface area contributed by atoms with E-state index in [4.69, 9.17) is 0 Å². The maximum atomic E-state index is 12.6. The van der Waals surface area contributed by atoms with Crippen LogP contribution in [0.3, 0.4) is 0 Å². The molecule has 2 amide bonds. The van der Waals surface area contributed by atoms with E-state index in [0.717, 1.165) is 0 Å². The van der Waals surface area contributed by atoms with Gasteiger partial charge in [0.1, 0.15) is 11.7 Å². The number of pyridine rings is 1. The molecule has 0 aliphatic carbocycles. The molecule has 0 saturated carbocycles. The van der Waals surface area contributed by atoms with Gasteiger partial charge in [-0.05, 0) is 12.0 Å². The van der Waals surface area contributed by atoms with Crippen LogP contribution in [0.1, 0.15) is 26.3 Å². The van der Waals surface area contributed by atoms with Crippen molar-refractivity contribution in [3.05, 3.63) is 28.2 Å². The molecule has 1 aromatic heterocycles. The molecule has 1 rings (SSSR count). The summed E-state index contributed by atoms with van der Waals surface area (Å²) in [7, 11) is 0. The zero-order valence-electron chi connectivity index (χ0n) is 12.2. The van der Waals surface area contributed by atoms with Crippen molar-refractivity contribution in [2.45, 2.75) is 33.0 Å². The highest BCUT2D eigenvalue weighted by atomic mass is 19.4. The number of carbonyl (C=O) groups is 2. The summed E-state index contributed by atoms with van der Waals surface area (Å²) in [4.78, 5) is 36.5. The minimum Gasteiger partial charge on any atom is -0.344 e. The molecule has 1 heterocycles. The number of aromatic amines is 1. The number of amides is 2. The summed E-state index contributed by atoms with van der Waals surface area (Å²) < 4.78 is 37.8. The fraction of sp³-hybridized carbons (Fsp3) is 0.462. The third-order valence-corrected chi connectivity index (χ3v) is 2.80. The Morgan fingerprint density at radius 1 is 1.27 bits per heavy atom. The van der Waals surface area contributed by atoms with Crippen LogP contribution >= 0.6 is 0 Å². The molecule has 22 heavy (non-hydrogen) atoms. The van der Waals surface area contributed by atoms with E-state index in [1.807, 2.05) is 4.98 Å². The Hall–Kier alpha value is -2.32. The van der Waals surface area contributed by atoms with Crippen LogP contribution in [0, 0.1) is 5.92 Å². The number of aromatic nitrogens is 1.